The molecule has 0 aromatic heterocycles. The van der Waals surface area contributed by atoms with Crippen molar-refractivity contribution in [3.8, 4) is 0 Å². The van der Waals surface area contributed by atoms with Crippen LogP contribution in [0, 0.1) is 5.41 Å². The molecule has 3 heteroatoms. The normalized spacial score (nSPS) is 28.2. The van der Waals surface area contributed by atoms with E-state index in [1.54, 1.807) is 0 Å². The molecule has 1 aliphatic heterocycles. The Morgan fingerprint density at radius 3 is 2.62 bits per heavy atom. The highest BCUT2D eigenvalue weighted by Gasteiger charge is 2.31. The van der Waals surface area contributed by atoms with Crippen molar-refractivity contribution in [2.45, 2.75) is 39.2 Å². The van der Waals surface area contributed by atoms with E-state index >= 15 is 0 Å². The van der Waals surface area contributed by atoms with E-state index in [0.717, 1.165) is 19.0 Å². The summed E-state index contributed by atoms with van der Waals surface area (Å²) in [7, 11) is 0. The molecule has 74 valence electrons. The third-order valence-corrected chi connectivity index (χ3v) is 2.86. The number of aliphatic imine (C=N–C) groups is 1. The van der Waals surface area contributed by atoms with Crippen LogP contribution in [0.3, 0.4) is 0 Å². The highest BCUT2D eigenvalue weighted by Crippen LogP contribution is 2.29. The van der Waals surface area contributed by atoms with E-state index in [0.29, 0.717) is 11.5 Å². The van der Waals surface area contributed by atoms with Gasteiger partial charge in [-0.2, -0.15) is 0 Å². The van der Waals surface area contributed by atoms with Gasteiger partial charge in [0.25, 0.3) is 0 Å². The van der Waals surface area contributed by atoms with E-state index < -0.39 is 0 Å². The monoisotopic (exact) mass is 181 g/mol. The quantitative estimate of drug-likeness (QED) is 0.488. The highest BCUT2D eigenvalue weighted by atomic mass is 15.3. The van der Waals surface area contributed by atoms with Crippen molar-refractivity contribution in [2.24, 2.45) is 16.1 Å². The fraction of sp³-hybridized carbons (Fsp3) is 0.900. The maximum Gasteiger partial charge on any atom is 0.191 e. The lowest BCUT2D eigenvalue weighted by atomic mass is 9.93. The summed E-state index contributed by atoms with van der Waals surface area (Å²) in [6, 6.07) is 0.545. The van der Waals surface area contributed by atoms with Crippen molar-refractivity contribution in [3.05, 3.63) is 0 Å². The van der Waals surface area contributed by atoms with Crippen LogP contribution in [0.5, 0.6) is 0 Å². The number of nitrogens with two attached hydrogens (primary N) is 1. The lowest BCUT2D eigenvalue weighted by Crippen LogP contribution is -2.36. The molecule has 13 heavy (non-hydrogen) atoms. The molecule has 3 nitrogen and oxygen atoms in total. The second-order valence-electron chi connectivity index (χ2n) is 5.05. The predicted molar refractivity (Wildman–Crippen MR) is 54.6 cm³/mol. The molecule has 0 amide bonds. The van der Waals surface area contributed by atoms with Crippen molar-refractivity contribution in [2.75, 3.05) is 13.1 Å². The molecule has 0 radical (unpaired) electrons. The lowest BCUT2D eigenvalue weighted by Gasteiger charge is -2.20. The van der Waals surface area contributed by atoms with E-state index in [1.807, 2.05) is 0 Å². The van der Waals surface area contributed by atoms with Crippen LogP contribution in [-0.2, 0) is 0 Å². The first-order chi connectivity index (χ1) is 6.07. The molecule has 1 saturated carbocycles. The summed E-state index contributed by atoms with van der Waals surface area (Å²) in [4.78, 5) is 6.68. The second-order valence-corrected chi connectivity index (χ2v) is 5.05. The summed E-state index contributed by atoms with van der Waals surface area (Å²) in [6.45, 7) is 6.72. The molecule has 0 aromatic rings. The van der Waals surface area contributed by atoms with Crippen LogP contribution in [0.2, 0.25) is 0 Å². The number of likely N-dealkylation sites (tertiary alicyclic amines) is 1. The van der Waals surface area contributed by atoms with Crippen molar-refractivity contribution in [1.29, 1.82) is 0 Å². The third-order valence-electron chi connectivity index (χ3n) is 2.86. The van der Waals surface area contributed by atoms with Crippen molar-refractivity contribution in [1.82, 2.24) is 4.90 Å². The van der Waals surface area contributed by atoms with Gasteiger partial charge in [-0.05, 0) is 24.7 Å². The van der Waals surface area contributed by atoms with Gasteiger partial charge in [0.2, 0.25) is 0 Å². The molecule has 0 unspecified atom stereocenters. The first-order valence-electron chi connectivity index (χ1n) is 5.15. The number of hydrogen-bond donors (Lipinski definition) is 1. The van der Waals surface area contributed by atoms with Crippen molar-refractivity contribution in [3.63, 3.8) is 0 Å². The van der Waals surface area contributed by atoms with Gasteiger partial charge in [-0.1, -0.05) is 13.8 Å². The maximum atomic E-state index is 5.92. The molecule has 1 heterocycles. The molecular weight excluding hydrogens is 162 g/mol. The maximum absolute atomic E-state index is 5.92. The zero-order chi connectivity index (χ0) is 9.47. The van der Waals surface area contributed by atoms with Gasteiger partial charge in [-0.15, -0.1) is 0 Å². The van der Waals surface area contributed by atoms with Crippen LogP contribution in [0.25, 0.3) is 0 Å². The third kappa shape index (κ3) is 2.14. The minimum atomic E-state index is 0.420. The lowest BCUT2D eigenvalue weighted by molar-refractivity contribution is 0.373. The summed E-state index contributed by atoms with van der Waals surface area (Å²) in [6.07, 6.45) is 3.70. The Bertz CT molecular complexity index is 228. The van der Waals surface area contributed by atoms with Crippen LogP contribution in [-0.4, -0.2) is 30.0 Å². The fourth-order valence-corrected chi connectivity index (χ4v) is 1.78. The molecule has 2 fully saturated rings. The number of guanidine groups is 1. The minimum Gasteiger partial charge on any atom is -0.370 e. The average molecular weight is 181 g/mol. The molecule has 0 aromatic carbocycles. The Hall–Kier alpha value is -0.730. The number of nitrogens with zero attached hydrogens (tertiary/aromatic N) is 2. The van der Waals surface area contributed by atoms with Crippen LogP contribution in [0.15, 0.2) is 4.99 Å². The van der Waals surface area contributed by atoms with Gasteiger partial charge >= 0.3 is 0 Å². The summed E-state index contributed by atoms with van der Waals surface area (Å²) >= 11 is 0. The van der Waals surface area contributed by atoms with Gasteiger partial charge in [-0.25, -0.2) is 4.99 Å². The Balaban J connectivity index is 1.94. The predicted octanol–water partition coefficient (Wildman–Crippen LogP) is 1.20. The van der Waals surface area contributed by atoms with Gasteiger partial charge in [0.05, 0.1) is 6.04 Å². The van der Waals surface area contributed by atoms with Crippen LogP contribution in [0.1, 0.15) is 33.1 Å². The van der Waals surface area contributed by atoms with Gasteiger partial charge in [0.1, 0.15) is 0 Å². The SMILES string of the molecule is CC1(C)CCN(C(N)=NC2CC2)C1. The highest BCUT2D eigenvalue weighted by molar-refractivity contribution is 5.78. The van der Waals surface area contributed by atoms with Crippen molar-refractivity contribution >= 4 is 5.96 Å². The van der Waals surface area contributed by atoms with E-state index in [4.69, 9.17) is 5.73 Å². The summed E-state index contributed by atoms with van der Waals surface area (Å²) in [5, 5.41) is 0. The van der Waals surface area contributed by atoms with Crippen LogP contribution >= 0.6 is 0 Å². The Morgan fingerprint density at radius 1 is 1.46 bits per heavy atom. The molecule has 1 saturated heterocycles. The topological polar surface area (TPSA) is 41.6 Å². The van der Waals surface area contributed by atoms with Crippen LogP contribution < -0.4 is 5.73 Å². The molecule has 0 bridgehead atoms. The van der Waals surface area contributed by atoms with Gasteiger partial charge in [0, 0.05) is 13.1 Å². The summed E-state index contributed by atoms with van der Waals surface area (Å²) in [5.74, 6) is 0.771. The Kier molecular flexibility index (Phi) is 1.97. The minimum absolute atomic E-state index is 0.420. The smallest absolute Gasteiger partial charge is 0.191 e. The first kappa shape index (κ1) is 8.85. The molecule has 2 N–H and O–H groups in total. The Morgan fingerprint density at radius 2 is 2.15 bits per heavy atom. The first-order valence-corrected chi connectivity index (χ1v) is 5.15. The molecule has 2 aliphatic rings. The largest absolute Gasteiger partial charge is 0.370 e. The molecular formula is C10H19N3. The van der Waals surface area contributed by atoms with Crippen LogP contribution in [0.4, 0.5) is 0 Å². The molecule has 0 atom stereocenters. The average Bonchev–Trinajstić information content (AvgIpc) is 2.75. The standard InChI is InChI=1S/C10H19N3/c1-10(2)5-6-13(7-10)9(11)12-8-3-4-8/h8H,3-7H2,1-2H3,(H2,11,12). The zero-order valence-electron chi connectivity index (χ0n) is 8.58. The number of hydrogen-bond acceptors (Lipinski definition) is 1. The van der Waals surface area contributed by atoms with E-state index in [9.17, 15) is 0 Å². The molecule has 2 rings (SSSR count). The second kappa shape index (κ2) is 2.89. The van der Waals surface area contributed by atoms with Gasteiger partial charge < -0.3 is 10.6 Å². The number of rotatable bonds is 1. The van der Waals surface area contributed by atoms with Crippen molar-refractivity contribution < 1.29 is 0 Å². The van der Waals surface area contributed by atoms with E-state index in [1.165, 1.54) is 19.3 Å². The van der Waals surface area contributed by atoms with E-state index in [2.05, 4.69) is 23.7 Å². The summed E-state index contributed by atoms with van der Waals surface area (Å²) < 4.78 is 0. The molecule has 0 spiro atoms. The van der Waals surface area contributed by atoms with E-state index in [-0.39, 0.29) is 0 Å². The Labute approximate surface area is 80.0 Å². The molecule has 1 aliphatic carbocycles. The fourth-order valence-electron chi connectivity index (χ4n) is 1.78. The zero-order valence-corrected chi connectivity index (χ0v) is 8.58. The van der Waals surface area contributed by atoms with Gasteiger partial charge in [0.15, 0.2) is 5.96 Å². The van der Waals surface area contributed by atoms with Gasteiger partial charge in [-0.3, -0.25) is 0 Å². The summed E-state index contributed by atoms with van der Waals surface area (Å²) in [5.41, 5.74) is 6.34.